The fraction of sp³-hybridized carbons (Fsp3) is 0.500. The fourth-order valence-corrected chi connectivity index (χ4v) is 1.84. The Morgan fingerprint density at radius 2 is 1.55 bits per heavy atom. The molecule has 0 aliphatic carbocycles. The molecule has 11 nitrogen and oxygen atoms in total. The Kier molecular flexibility index (Phi) is 6.06. The number of nitrogens with two attached hydrogens (primary N) is 1. The van der Waals surface area contributed by atoms with Crippen LogP contribution in [0.15, 0.2) is 0 Å². The zero-order valence-corrected chi connectivity index (χ0v) is 10.7. The van der Waals surface area contributed by atoms with Crippen LogP contribution in [0.1, 0.15) is 6.42 Å². The summed E-state index contributed by atoms with van der Waals surface area (Å²) in [6.07, 6.45) is -1.03. The average molecular weight is 312 g/mol. The lowest BCUT2D eigenvalue weighted by Crippen LogP contribution is -2.45. The third-order valence-corrected chi connectivity index (χ3v) is 3.22. The van der Waals surface area contributed by atoms with Gasteiger partial charge in [-0.2, -0.15) is 8.42 Å². The van der Waals surface area contributed by atoms with Gasteiger partial charge >= 0.3 is 11.9 Å². The van der Waals surface area contributed by atoms with Gasteiger partial charge in [0.25, 0.3) is 10.1 Å². The van der Waals surface area contributed by atoms with E-state index in [1.165, 1.54) is 0 Å². The third-order valence-electron chi connectivity index (χ3n) is 2.12. The highest BCUT2D eigenvalue weighted by atomic mass is 32.2. The third kappa shape index (κ3) is 5.62. The molecule has 0 aromatic carbocycles. The van der Waals surface area contributed by atoms with Gasteiger partial charge in [-0.3, -0.25) is 23.7 Å². The van der Waals surface area contributed by atoms with Gasteiger partial charge in [-0.05, 0) is 0 Å². The van der Waals surface area contributed by atoms with Crippen molar-refractivity contribution < 1.29 is 42.4 Å². The number of primary amides is 1. The minimum absolute atomic E-state index is 0.922. The van der Waals surface area contributed by atoms with Crippen LogP contribution >= 0.6 is 0 Å². The molecule has 20 heavy (non-hydrogen) atoms. The highest BCUT2D eigenvalue weighted by Crippen LogP contribution is 2.05. The lowest BCUT2D eigenvalue weighted by atomic mass is 10.1. The van der Waals surface area contributed by atoms with Crippen molar-refractivity contribution in [2.24, 2.45) is 11.7 Å². The van der Waals surface area contributed by atoms with Crippen molar-refractivity contribution in [2.45, 2.75) is 11.7 Å². The normalized spacial score (nSPS) is 12.7. The summed E-state index contributed by atoms with van der Waals surface area (Å²) in [6, 6.07) is 0. The van der Waals surface area contributed by atoms with Crippen LogP contribution in [0, 0.1) is 5.92 Å². The molecule has 0 saturated heterocycles. The monoisotopic (exact) mass is 312 g/mol. The Labute approximate surface area is 112 Å². The molecule has 6 N–H and O–H groups in total. The van der Waals surface area contributed by atoms with Crippen LogP contribution < -0.4 is 11.1 Å². The van der Waals surface area contributed by atoms with Crippen LogP contribution in [-0.4, -0.2) is 58.7 Å². The molecule has 0 heterocycles. The van der Waals surface area contributed by atoms with Crippen molar-refractivity contribution in [2.75, 3.05) is 6.54 Å². The van der Waals surface area contributed by atoms with Crippen molar-refractivity contribution >= 4 is 33.9 Å². The lowest BCUT2D eigenvalue weighted by molar-refractivity contribution is -0.154. The van der Waals surface area contributed by atoms with Crippen molar-refractivity contribution in [1.29, 1.82) is 0 Å². The molecule has 0 rings (SSSR count). The van der Waals surface area contributed by atoms with Gasteiger partial charge in [0.15, 0.2) is 11.2 Å². The van der Waals surface area contributed by atoms with Crippen LogP contribution in [0.2, 0.25) is 0 Å². The van der Waals surface area contributed by atoms with Gasteiger partial charge < -0.3 is 21.3 Å². The summed E-state index contributed by atoms with van der Waals surface area (Å²) in [5.41, 5.74) is 4.70. The summed E-state index contributed by atoms with van der Waals surface area (Å²) in [7, 11) is -4.96. The number of carboxylic acid groups (broad SMARTS) is 2. The second-order valence-corrected chi connectivity index (χ2v) is 5.25. The summed E-state index contributed by atoms with van der Waals surface area (Å²) < 4.78 is 30.5. The first-order chi connectivity index (χ1) is 8.96. The van der Waals surface area contributed by atoms with Crippen LogP contribution in [0.5, 0.6) is 0 Å². The summed E-state index contributed by atoms with van der Waals surface area (Å²) >= 11 is 0. The Morgan fingerprint density at radius 3 is 1.85 bits per heavy atom. The number of carboxylic acids is 2. The highest BCUT2D eigenvalue weighted by Gasteiger charge is 2.34. The molecule has 0 bridgehead atoms. The molecule has 0 aromatic heterocycles. The maximum Gasteiger partial charge on any atom is 0.319 e. The number of carbonyl (C=O) groups is 4. The van der Waals surface area contributed by atoms with E-state index in [1.54, 1.807) is 5.32 Å². The summed E-state index contributed by atoms with van der Waals surface area (Å²) in [5, 5.41) is 16.5. The quantitative estimate of drug-likeness (QED) is 0.229. The topological polar surface area (TPSA) is 201 Å². The maximum atomic E-state index is 11.4. The molecule has 0 aliphatic heterocycles. The van der Waals surface area contributed by atoms with E-state index in [2.05, 4.69) is 0 Å². The maximum absolute atomic E-state index is 11.4. The van der Waals surface area contributed by atoms with Crippen molar-refractivity contribution in [3.8, 4) is 0 Å². The first-order valence-electron chi connectivity index (χ1n) is 4.94. The van der Waals surface area contributed by atoms with Crippen molar-refractivity contribution in [1.82, 2.24) is 5.32 Å². The van der Waals surface area contributed by atoms with Gasteiger partial charge in [0, 0.05) is 6.54 Å². The number of aliphatic carboxylic acids is 2. The largest absolute Gasteiger partial charge is 0.481 e. The molecule has 12 heteroatoms. The number of rotatable bonds is 8. The molecule has 0 spiro atoms. The molecular weight excluding hydrogens is 300 g/mol. The summed E-state index contributed by atoms with van der Waals surface area (Å²) in [5.74, 6) is -8.14. The smallest absolute Gasteiger partial charge is 0.319 e. The zero-order chi connectivity index (χ0) is 16.1. The van der Waals surface area contributed by atoms with E-state index in [-0.39, 0.29) is 0 Å². The first-order valence-corrected chi connectivity index (χ1v) is 6.45. The molecule has 114 valence electrons. The van der Waals surface area contributed by atoms with Crippen LogP contribution in [-0.2, 0) is 29.3 Å². The Morgan fingerprint density at radius 1 is 1.10 bits per heavy atom. The molecule has 1 atom stereocenters. The number of amides is 2. The molecule has 0 aromatic rings. The molecular formula is C8H12N2O9S. The molecule has 0 aliphatic rings. The number of nitrogens with one attached hydrogen (secondary N) is 1. The van der Waals surface area contributed by atoms with Crippen molar-refractivity contribution in [3.05, 3.63) is 0 Å². The lowest BCUT2D eigenvalue weighted by Gasteiger charge is -2.14. The minimum atomic E-state index is -4.96. The molecule has 1 unspecified atom stereocenters. The second kappa shape index (κ2) is 6.81. The second-order valence-electron chi connectivity index (χ2n) is 3.65. The van der Waals surface area contributed by atoms with Crippen LogP contribution in [0.4, 0.5) is 0 Å². The Hall–Kier alpha value is -2.21. The highest BCUT2D eigenvalue weighted by molar-refractivity contribution is 7.87. The first kappa shape index (κ1) is 17.8. The Balaban J connectivity index is 4.91. The number of hydrogen-bond donors (Lipinski definition) is 5. The van der Waals surface area contributed by atoms with Gasteiger partial charge in [0.1, 0.15) is 0 Å². The number of hydrogen-bond acceptors (Lipinski definition) is 6. The van der Waals surface area contributed by atoms with E-state index >= 15 is 0 Å². The van der Waals surface area contributed by atoms with Gasteiger partial charge in [0.2, 0.25) is 11.8 Å². The predicted molar refractivity (Wildman–Crippen MR) is 60.9 cm³/mol. The van der Waals surface area contributed by atoms with E-state index in [0.717, 1.165) is 0 Å². The van der Waals surface area contributed by atoms with Gasteiger partial charge in [-0.15, -0.1) is 0 Å². The van der Waals surface area contributed by atoms with E-state index < -0.39 is 58.0 Å². The van der Waals surface area contributed by atoms with Crippen molar-refractivity contribution in [3.63, 3.8) is 0 Å². The predicted octanol–water partition coefficient (Wildman–Crippen LogP) is -2.98. The van der Waals surface area contributed by atoms with Crippen LogP contribution in [0.25, 0.3) is 0 Å². The molecule has 0 fully saturated rings. The Bertz CT molecular complexity index is 512. The van der Waals surface area contributed by atoms with Gasteiger partial charge in [0.05, 0.1) is 6.42 Å². The standard InChI is InChI=1S/C8H12N2O9S/c9-5(11)1-4(20(17,18)19)6(12)10-2-3(7(13)14)8(15)16/h3-4H,1-2H2,(H2,9,11)(H,10,12)(H,13,14)(H,15,16)(H,17,18,19). The molecule has 2 amide bonds. The molecule has 0 saturated carbocycles. The van der Waals surface area contributed by atoms with Gasteiger partial charge in [-0.1, -0.05) is 0 Å². The van der Waals surface area contributed by atoms with E-state index in [0.29, 0.717) is 0 Å². The van der Waals surface area contributed by atoms with E-state index in [1.807, 2.05) is 0 Å². The fourth-order valence-electron chi connectivity index (χ4n) is 1.11. The SMILES string of the molecule is NC(=O)CC(C(=O)NCC(C(=O)O)C(=O)O)S(=O)(=O)O. The molecule has 0 radical (unpaired) electrons. The minimum Gasteiger partial charge on any atom is -0.481 e. The number of carbonyl (C=O) groups excluding carboxylic acids is 2. The van der Waals surface area contributed by atoms with Gasteiger partial charge in [-0.25, -0.2) is 0 Å². The zero-order valence-electron chi connectivity index (χ0n) is 9.85. The van der Waals surface area contributed by atoms with Crippen LogP contribution in [0.3, 0.4) is 0 Å². The summed E-state index contributed by atoms with van der Waals surface area (Å²) in [6.45, 7) is -0.922. The van der Waals surface area contributed by atoms with E-state index in [4.69, 9.17) is 20.5 Å². The van der Waals surface area contributed by atoms with E-state index in [9.17, 15) is 27.6 Å². The summed E-state index contributed by atoms with van der Waals surface area (Å²) in [4.78, 5) is 43.1. The average Bonchev–Trinajstić information content (AvgIpc) is 2.22.